The third-order valence-corrected chi connectivity index (χ3v) is 8.22. The lowest BCUT2D eigenvalue weighted by Gasteiger charge is -2.33. The SMILES string of the molecule is Cc1c(C(=O)O)sc(N)c1C(N)=Nc1ccc(F)cc1OC1CCC(N(C)S(C)(=O)=O)CC1. The maximum atomic E-state index is 14.0. The van der Waals surface area contributed by atoms with Gasteiger partial charge in [-0.1, -0.05) is 0 Å². The minimum absolute atomic E-state index is 0.00342. The Morgan fingerprint density at radius 3 is 2.48 bits per heavy atom. The summed E-state index contributed by atoms with van der Waals surface area (Å²) in [5.74, 6) is -1.41. The van der Waals surface area contributed by atoms with Crippen LogP contribution in [0.25, 0.3) is 0 Å². The van der Waals surface area contributed by atoms with E-state index in [-0.39, 0.29) is 39.3 Å². The second-order valence-corrected chi connectivity index (χ2v) is 11.1. The van der Waals surface area contributed by atoms with Crippen LogP contribution in [0.4, 0.5) is 15.1 Å². The van der Waals surface area contributed by atoms with Crippen LogP contribution in [-0.4, -0.2) is 55.1 Å². The van der Waals surface area contributed by atoms with Gasteiger partial charge in [0.15, 0.2) is 0 Å². The number of carbonyl (C=O) groups is 1. The van der Waals surface area contributed by atoms with Crippen LogP contribution in [0.3, 0.4) is 0 Å². The lowest BCUT2D eigenvalue weighted by atomic mass is 9.93. The summed E-state index contributed by atoms with van der Waals surface area (Å²) in [5.41, 5.74) is 13.1. The highest BCUT2D eigenvalue weighted by molar-refractivity contribution is 7.88. The van der Waals surface area contributed by atoms with E-state index < -0.39 is 21.8 Å². The maximum Gasteiger partial charge on any atom is 0.346 e. The zero-order chi connectivity index (χ0) is 24.5. The fraction of sp³-hybridized carbons (Fsp3) is 0.429. The van der Waals surface area contributed by atoms with Crippen molar-refractivity contribution in [1.29, 1.82) is 0 Å². The number of hydrogen-bond acceptors (Lipinski definition) is 7. The highest BCUT2D eigenvalue weighted by Crippen LogP contribution is 2.35. The molecule has 180 valence electrons. The van der Waals surface area contributed by atoms with Crippen LogP contribution in [0, 0.1) is 12.7 Å². The Morgan fingerprint density at radius 1 is 1.30 bits per heavy atom. The van der Waals surface area contributed by atoms with Crippen LogP contribution < -0.4 is 16.2 Å². The number of nitrogens with zero attached hydrogens (tertiary/aromatic N) is 2. The monoisotopic (exact) mass is 498 g/mol. The van der Waals surface area contributed by atoms with E-state index in [4.69, 9.17) is 16.2 Å². The largest absolute Gasteiger partial charge is 0.488 e. The van der Waals surface area contributed by atoms with Crippen molar-refractivity contribution < 1.29 is 27.4 Å². The molecule has 1 heterocycles. The van der Waals surface area contributed by atoms with Crippen molar-refractivity contribution in [3.8, 4) is 5.75 Å². The fourth-order valence-electron chi connectivity index (χ4n) is 3.90. The number of thiophene rings is 1. The molecule has 1 aromatic heterocycles. The van der Waals surface area contributed by atoms with Gasteiger partial charge in [0.05, 0.1) is 22.9 Å². The third-order valence-electron chi connectivity index (χ3n) is 5.76. The van der Waals surface area contributed by atoms with E-state index in [0.717, 1.165) is 11.3 Å². The van der Waals surface area contributed by atoms with E-state index in [1.165, 1.54) is 28.8 Å². The Labute approximate surface area is 195 Å². The number of carboxylic acids is 1. The van der Waals surface area contributed by atoms with Gasteiger partial charge in [-0.25, -0.2) is 26.9 Å². The quantitative estimate of drug-likeness (QED) is 0.392. The first-order valence-corrected chi connectivity index (χ1v) is 12.9. The molecule has 0 bridgehead atoms. The summed E-state index contributed by atoms with van der Waals surface area (Å²) in [6.07, 6.45) is 3.37. The van der Waals surface area contributed by atoms with Crippen molar-refractivity contribution >= 4 is 43.9 Å². The van der Waals surface area contributed by atoms with Gasteiger partial charge in [-0.3, -0.25) is 0 Å². The minimum atomic E-state index is -3.28. The van der Waals surface area contributed by atoms with Crippen molar-refractivity contribution in [3.05, 3.63) is 40.0 Å². The summed E-state index contributed by atoms with van der Waals surface area (Å²) in [6.45, 7) is 1.60. The first-order valence-electron chi connectivity index (χ1n) is 10.2. The number of aliphatic imine (C=N–C) groups is 1. The van der Waals surface area contributed by atoms with E-state index in [1.54, 1.807) is 14.0 Å². The van der Waals surface area contributed by atoms with Gasteiger partial charge in [-0.15, -0.1) is 11.3 Å². The van der Waals surface area contributed by atoms with Gasteiger partial charge in [0.25, 0.3) is 0 Å². The second-order valence-electron chi connectivity index (χ2n) is 8.04. The molecule has 1 saturated carbocycles. The van der Waals surface area contributed by atoms with Crippen molar-refractivity contribution in [2.24, 2.45) is 10.7 Å². The number of carboxylic acid groups (broad SMARTS) is 1. The minimum Gasteiger partial charge on any atom is -0.488 e. The molecule has 1 aromatic carbocycles. The molecule has 2 aromatic rings. The molecule has 0 atom stereocenters. The molecular weight excluding hydrogens is 471 g/mol. The zero-order valence-corrected chi connectivity index (χ0v) is 20.2. The van der Waals surface area contributed by atoms with Gasteiger partial charge in [0.1, 0.15) is 28.0 Å². The van der Waals surface area contributed by atoms with Crippen LogP contribution in [-0.2, 0) is 10.0 Å². The molecule has 1 aliphatic rings. The molecule has 12 heteroatoms. The average molecular weight is 499 g/mol. The normalized spacial score (nSPS) is 19.6. The summed E-state index contributed by atoms with van der Waals surface area (Å²) in [5, 5.41) is 9.53. The predicted molar refractivity (Wildman–Crippen MR) is 126 cm³/mol. The Balaban J connectivity index is 1.82. The Morgan fingerprint density at radius 2 is 1.94 bits per heavy atom. The van der Waals surface area contributed by atoms with Crippen LogP contribution in [0.2, 0.25) is 0 Å². The van der Waals surface area contributed by atoms with Crippen LogP contribution in [0.15, 0.2) is 23.2 Å². The van der Waals surface area contributed by atoms with E-state index in [9.17, 15) is 22.7 Å². The first-order chi connectivity index (χ1) is 15.4. The van der Waals surface area contributed by atoms with Crippen molar-refractivity contribution in [3.63, 3.8) is 0 Å². The van der Waals surface area contributed by atoms with Gasteiger partial charge < -0.3 is 21.3 Å². The number of amidine groups is 1. The number of ether oxygens (including phenoxy) is 1. The Hall–Kier alpha value is -2.70. The molecule has 1 fully saturated rings. The molecule has 1 aliphatic carbocycles. The highest BCUT2D eigenvalue weighted by atomic mass is 32.2. The van der Waals surface area contributed by atoms with Crippen molar-refractivity contribution in [2.45, 2.75) is 44.8 Å². The van der Waals surface area contributed by atoms with Gasteiger partial charge >= 0.3 is 5.97 Å². The standard InChI is InChI=1S/C21H27FN4O5S2/c1-11-17(20(24)32-18(11)21(27)28)19(23)25-15-9-4-12(22)10-16(15)31-14-7-5-13(6-8-14)26(2)33(3,29)30/h4,9-10,13-14H,5-8,24H2,1-3H3,(H2,23,25)(H,27,28). The molecule has 9 nitrogen and oxygen atoms in total. The number of rotatable bonds is 7. The van der Waals surface area contributed by atoms with E-state index in [0.29, 0.717) is 36.8 Å². The highest BCUT2D eigenvalue weighted by Gasteiger charge is 2.29. The topological polar surface area (TPSA) is 148 Å². The summed E-state index contributed by atoms with van der Waals surface area (Å²) < 4.78 is 44.9. The molecule has 5 N–H and O–H groups in total. The van der Waals surface area contributed by atoms with Gasteiger partial charge in [-0.2, -0.15) is 0 Å². The van der Waals surface area contributed by atoms with E-state index >= 15 is 0 Å². The molecule has 0 radical (unpaired) electrons. The Bertz CT molecular complexity index is 1190. The number of nitrogens with two attached hydrogens (primary N) is 2. The van der Waals surface area contributed by atoms with Gasteiger partial charge in [-0.05, 0) is 50.3 Å². The number of aromatic carboxylic acids is 1. The summed E-state index contributed by atoms with van der Waals surface area (Å²) in [6, 6.07) is 3.77. The number of sulfonamides is 1. The van der Waals surface area contributed by atoms with Crippen molar-refractivity contribution in [2.75, 3.05) is 19.0 Å². The molecule has 0 unspecified atom stereocenters. The molecule has 3 rings (SSSR count). The summed E-state index contributed by atoms with van der Waals surface area (Å²) in [7, 11) is -1.71. The lowest BCUT2D eigenvalue weighted by Crippen LogP contribution is -2.40. The lowest BCUT2D eigenvalue weighted by molar-refractivity contribution is 0.0701. The summed E-state index contributed by atoms with van der Waals surface area (Å²) >= 11 is 0.907. The van der Waals surface area contributed by atoms with Gasteiger partial charge in [0.2, 0.25) is 10.0 Å². The smallest absolute Gasteiger partial charge is 0.346 e. The average Bonchev–Trinajstić information content (AvgIpc) is 3.03. The number of halogens is 1. The molecule has 0 spiro atoms. The Kier molecular flexibility index (Phi) is 7.29. The summed E-state index contributed by atoms with van der Waals surface area (Å²) in [4.78, 5) is 15.8. The number of benzene rings is 1. The van der Waals surface area contributed by atoms with E-state index in [2.05, 4.69) is 4.99 Å². The van der Waals surface area contributed by atoms with Crippen molar-refractivity contribution in [1.82, 2.24) is 4.31 Å². The van der Waals surface area contributed by atoms with E-state index in [1.807, 2.05) is 0 Å². The molecule has 0 aliphatic heterocycles. The van der Waals surface area contributed by atoms with Crippen LogP contribution in [0.1, 0.15) is 46.5 Å². The number of nitrogen functional groups attached to an aromatic ring is 1. The molecule has 33 heavy (non-hydrogen) atoms. The number of hydrogen-bond donors (Lipinski definition) is 3. The molecule has 0 amide bonds. The van der Waals surface area contributed by atoms with Crippen LogP contribution >= 0.6 is 11.3 Å². The second kappa shape index (κ2) is 9.65. The molecular formula is C21H27FN4O5S2. The fourth-order valence-corrected chi connectivity index (χ4v) is 5.57. The third kappa shape index (κ3) is 5.63. The van der Waals surface area contributed by atoms with Gasteiger partial charge in [0, 0.05) is 19.2 Å². The molecule has 0 saturated heterocycles. The predicted octanol–water partition coefficient (Wildman–Crippen LogP) is 3.09. The van der Waals surface area contributed by atoms with Crippen LogP contribution in [0.5, 0.6) is 5.75 Å². The first kappa shape index (κ1) is 24.9. The zero-order valence-electron chi connectivity index (χ0n) is 18.5. The number of anilines is 1. The maximum absolute atomic E-state index is 14.0.